The van der Waals surface area contributed by atoms with E-state index in [4.69, 9.17) is 4.42 Å². The number of carbonyl (C=O) groups is 2. The molecule has 0 bridgehead atoms. The van der Waals surface area contributed by atoms with Gasteiger partial charge < -0.3 is 15.1 Å². The van der Waals surface area contributed by atoms with Crippen LogP contribution in [0.4, 0.5) is 11.5 Å². The van der Waals surface area contributed by atoms with Gasteiger partial charge in [-0.3, -0.25) is 19.4 Å². The second-order valence-corrected chi connectivity index (χ2v) is 7.61. The summed E-state index contributed by atoms with van der Waals surface area (Å²) in [5.74, 6) is -1.06. The fraction of sp³-hybridized carbons (Fsp3) is 0.200. The van der Waals surface area contributed by atoms with Crippen molar-refractivity contribution in [1.29, 1.82) is 0 Å². The van der Waals surface area contributed by atoms with E-state index in [0.29, 0.717) is 10.7 Å². The number of H-pyrrole nitrogens is 1. The van der Waals surface area contributed by atoms with Crippen molar-refractivity contribution < 1.29 is 14.0 Å². The number of nitrogens with one attached hydrogen (secondary N) is 3. The Hall–Kier alpha value is -3.33. The van der Waals surface area contributed by atoms with Crippen LogP contribution in [0.2, 0.25) is 0 Å². The molecule has 2 amide bonds. The van der Waals surface area contributed by atoms with Gasteiger partial charge in [-0.1, -0.05) is 43.8 Å². The molecule has 0 aliphatic rings. The minimum absolute atomic E-state index is 0.0507. The quantitative estimate of drug-likeness (QED) is 0.402. The Balaban J connectivity index is 1.95. The number of hydrogen-bond acceptors (Lipinski definition) is 6. The van der Waals surface area contributed by atoms with Gasteiger partial charge in [0.05, 0.1) is 6.26 Å². The number of aromatic nitrogens is 2. The monoisotopic (exact) mass is 412 g/mol. The molecule has 0 aliphatic carbocycles. The van der Waals surface area contributed by atoms with Crippen molar-refractivity contribution in [1.82, 2.24) is 9.97 Å². The molecule has 2 aromatic heterocycles. The van der Waals surface area contributed by atoms with Crippen molar-refractivity contribution in [2.45, 2.75) is 30.7 Å². The maximum absolute atomic E-state index is 12.7. The standard InChI is InChI=1S/C20H20N4O4S/c1-3-12(2)29-20-23-16(22-18(26)14-10-7-11-28-14)15(19(27)24-20)21-17(25)13-8-5-4-6-9-13/h4-12H,3H2,1-2H3,(H,21,25)(H2,22,23,24,26,27)/t12-/m1/s1. The SMILES string of the molecule is CC[C@@H](C)Sc1nc(NC(=O)c2ccco2)c(NC(=O)c2ccccc2)c(=O)[nH]1. The molecule has 9 heteroatoms. The molecule has 1 atom stereocenters. The number of amides is 2. The highest BCUT2D eigenvalue weighted by Gasteiger charge is 2.20. The van der Waals surface area contributed by atoms with Crippen LogP contribution in [0.15, 0.2) is 63.1 Å². The van der Waals surface area contributed by atoms with Crippen LogP contribution in [0.5, 0.6) is 0 Å². The third-order valence-corrected chi connectivity index (χ3v) is 5.19. The molecular formula is C20H20N4O4S. The largest absolute Gasteiger partial charge is 0.459 e. The van der Waals surface area contributed by atoms with E-state index in [1.54, 1.807) is 36.4 Å². The van der Waals surface area contributed by atoms with Crippen LogP contribution in [0.3, 0.4) is 0 Å². The van der Waals surface area contributed by atoms with Crippen molar-refractivity contribution in [3.8, 4) is 0 Å². The van der Waals surface area contributed by atoms with Gasteiger partial charge in [-0.2, -0.15) is 0 Å². The summed E-state index contributed by atoms with van der Waals surface area (Å²) in [6.45, 7) is 4.01. The predicted molar refractivity (Wildman–Crippen MR) is 112 cm³/mol. The molecule has 3 aromatic rings. The number of thioether (sulfide) groups is 1. The van der Waals surface area contributed by atoms with Crippen molar-refractivity contribution in [3.05, 3.63) is 70.4 Å². The molecule has 0 fully saturated rings. The maximum Gasteiger partial charge on any atom is 0.292 e. The van der Waals surface area contributed by atoms with E-state index in [2.05, 4.69) is 20.6 Å². The fourth-order valence-electron chi connectivity index (χ4n) is 2.34. The minimum Gasteiger partial charge on any atom is -0.459 e. The van der Waals surface area contributed by atoms with Gasteiger partial charge in [-0.25, -0.2) is 4.98 Å². The second kappa shape index (κ2) is 9.24. The topological polar surface area (TPSA) is 117 Å². The Morgan fingerprint density at radius 3 is 2.55 bits per heavy atom. The second-order valence-electron chi connectivity index (χ2n) is 6.18. The van der Waals surface area contributed by atoms with Crippen LogP contribution in [-0.2, 0) is 0 Å². The van der Waals surface area contributed by atoms with E-state index in [1.165, 1.54) is 24.1 Å². The molecule has 3 rings (SSSR count). The van der Waals surface area contributed by atoms with Gasteiger partial charge in [-0.15, -0.1) is 0 Å². The van der Waals surface area contributed by atoms with Gasteiger partial charge in [-0.05, 0) is 30.7 Å². The van der Waals surface area contributed by atoms with Crippen molar-refractivity contribution in [3.63, 3.8) is 0 Å². The van der Waals surface area contributed by atoms with E-state index in [0.717, 1.165) is 6.42 Å². The molecule has 3 N–H and O–H groups in total. The van der Waals surface area contributed by atoms with Crippen LogP contribution < -0.4 is 16.2 Å². The highest BCUT2D eigenvalue weighted by molar-refractivity contribution is 7.99. The molecule has 150 valence electrons. The molecule has 0 radical (unpaired) electrons. The van der Waals surface area contributed by atoms with E-state index in [-0.39, 0.29) is 22.5 Å². The molecule has 0 spiro atoms. The molecule has 0 aliphatic heterocycles. The first-order chi connectivity index (χ1) is 14.0. The Morgan fingerprint density at radius 2 is 1.90 bits per heavy atom. The van der Waals surface area contributed by atoms with E-state index in [1.807, 2.05) is 13.8 Å². The summed E-state index contributed by atoms with van der Waals surface area (Å²) >= 11 is 1.37. The number of hydrogen-bond donors (Lipinski definition) is 3. The van der Waals surface area contributed by atoms with Crippen LogP contribution >= 0.6 is 11.8 Å². The lowest BCUT2D eigenvalue weighted by atomic mass is 10.2. The number of benzene rings is 1. The molecule has 0 unspecified atom stereocenters. The highest BCUT2D eigenvalue weighted by atomic mass is 32.2. The summed E-state index contributed by atoms with van der Waals surface area (Å²) in [5.41, 5.74) is -0.342. The minimum atomic E-state index is -0.581. The first-order valence-electron chi connectivity index (χ1n) is 9.00. The zero-order chi connectivity index (χ0) is 20.8. The summed E-state index contributed by atoms with van der Waals surface area (Å²) in [7, 11) is 0. The van der Waals surface area contributed by atoms with Crippen LogP contribution in [0, 0.1) is 0 Å². The zero-order valence-corrected chi connectivity index (χ0v) is 16.7. The van der Waals surface area contributed by atoms with E-state index in [9.17, 15) is 14.4 Å². The zero-order valence-electron chi connectivity index (χ0n) is 15.9. The molecule has 2 heterocycles. The third-order valence-electron chi connectivity index (χ3n) is 4.04. The van der Waals surface area contributed by atoms with Crippen molar-refractivity contribution >= 4 is 35.1 Å². The summed E-state index contributed by atoms with van der Waals surface area (Å²) in [4.78, 5) is 44.6. The fourth-order valence-corrected chi connectivity index (χ4v) is 3.18. The predicted octanol–water partition coefficient (Wildman–Crippen LogP) is 3.76. The van der Waals surface area contributed by atoms with Gasteiger partial charge in [0, 0.05) is 10.8 Å². The molecular weight excluding hydrogens is 392 g/mol. The summed E-state index contributed by atoms with van der Waals surface area (Å²) in [6, 6.07) is 11.5. The molecule has 1 aromatic carbocycles. The van der Waals surface area contributed by atoms with Crippen molar-refractivity contribution in [2.75, 3.05) is 10.6 Å². The van der Waals surface area contributed by atoms with Crippen LogP contribution in [0.25, 0.3) is 0 Å². The lowest BCUT2D eigenvalue weighted by Crippen LogP contribution is -2.25. The Labute approximate surface area is 171 Å². The van der Waals surface area contributed by atoms with Gasteiger partial charge in [0.15, 0.2) is 22.4 Å². The van der Waals surface area contributed by atoms with Crippen LogP contribution in [-0.4, -0.2) is 27.0 Å². The van der Waals surface area contributed by atoms with Gasteiger partial charge in [0.1, 0.15) is 0 Å². The lowest BCUT2D eigenvalue weighted by Gasteiger charge is -2.13. The average molecular weight is 412 g/mol. The number of furan rings is 1. The lowest BCUT2D eigenvalue weighted by molar-refractivity contribution is 0.0992. The highest BCUT2D eigenvalue weighted by Crippen LogP contribution is 2.24. The summed E-state index contributed by atoms with van der Waals surface area (Å²) in [6.07, 6.45) is 2.23. The van der Waals surface area contributed by atoms with Gasteiger partial charge in [0.2, 0.25) is 0 Å². The summed E-state index contributed by atoms with van der Waals surface area (Å²) in [5, 5.41) is 5.64. The van der Waals surface area contributed by atoms with Crippen molar-refractivity contribution in [2.24, 2.45) is 0 Å². The molecule has 0 saturated carbocycles. The third kappa shape index (κ3) is 5.14. The normalized spacial score (nSPS) is 11.7. The summed E-state index contributed by atoms with van der Waals surface area (Å²) < 4.78 is 5.08. The number of anilines is 2. The molecule has 29 heavy (non-hydrogen) atoms. The maximum atomic E-state index is 12.7. The Morgan fingerprint density at radius 1 is 1.14 bits per heavy atom. The first-order valence-corrected chi connectivity index (χ1v) is 9.88. The average Bonchev–Trinajstić information content (AvgIpc) is 3.26. The number of nitrogens with zero attached hydrogens (tertiary/aromatic N) is 1. The Bertz CT molecular complexity index is 1050. The van der Waals surface area contributed by atoms with Gasteiger partial charge in [0.25, 0.3) is 17.4 Å². The first kappa shape index (κ1) is 20.4. The number of aromatic amines is 1. The molecule has 8 nitrogen and oxygen atoms in total. The van der Waals surface area contributed by atoms with E-state index < -0.39 is 17.4 Å². The Kier molecular flexibility index (Phi) is 6.50. The van der Waals surface area contributed by atoms with E-state index >= 15 is 0 Å². The van der Waals surface area contributed by atoms with Crippen LogP contribution in [0.1, 0.15) is 41.2 Å². The van der Waals surface area contributed by atoms with Gasteiger partial charge >= 0.3 is 0 Å². The number of rotatable bonds is 7. The molecule has 0 saturated heterocycles. The number of carbonyl (C=O) groups excluding carboxylic acids is 2. The smallest absolute Gasteiger partial charge is 0.292 e.